The highest BCUT2D eigenvalue weighted by Gasteiger charge is 2.12. The molecule has 0 aliphatic heterocycles. The Morgan fingerprint density at radius 3 is 1.31 bits per heavy atom. The fourth-order valence-electron chi connectivity index (χ4n) is 3.55. The van der Waals surface area contributed by atoms with Gasteiger partial charge in [-0.2, -0.15) is 0 Å². The number of hydrogen-bond donors (Lipinski definition) is 0. The lowest BCUT2D eigenvalue weighted by molar-refractivity contribution is 0.395. The second kappa shape index (κ2) is 9.39. The summed E-state index contributed by atoms with van der Waals surface area (Å²) in [6.07, 6.45) is 3.55. The summed E-state index contributed by atoms with van der Waals surface area (Å²) in [5.74, 6) is 2.93. The Kier molecular flexibility index (Phi) is 6.22. The summed E-state index contributed by atoms with van der Waals surface area (Å²) in [6, 6.07) is 19.4. The Morgan fingerprint density at radius 2 is 0.938 bits per heavy atom. The molecule has 0 unspecified atom stereocenters. The van der Waals surface area contributed by atoms with E-state index in [2.05, 4.69) is 9.97 Å². The first-order valence-corrected chi connectivity index (χ1v) is 10.0. The second-order valence-corrected chi connectivity index (χ2v) is 6.99. The van der Waals surface area contributed by atoms with Crippen LogP contribution in [0.3, 0.4) is 0 Å². The maximum absolute atomic E-state index is 5.57. The fraction of sp³-hybridized carbons (Fsp3) is 0.154. The van der Waals surface area contributed by atoms with E-state index in [0.717, 1.165) is 56.6 Å². The van der Waals surface area contributed by atoms with Crippen LogP contribution in [0.2, 0.25) is 0 Å². The van der Waals surface area contributed by atoms with E-state index >= 15 is 0 Å². The average molecular weight is 428 g/mol. The van der Waals surface area contributed by atoms with Gasteiger partial charge in [-0.05, 0) is 59.7 Å². The van der Waals surface area contributed by atoms with E-state index in [9.17, 15) is 0 Å². The molecule has 0 saturated heterocycles. The van der Waals surface area contributed by atoms with E-state index in [0.29, 0.717) is 0 Å². The van der Waals surface area contributed by atoms with E-state index in [1.54, 1.807) is 40.8 Å². The van der Waals surface area contributed by atoms with Gasteiger partial charge in [0.2, 0.25) is 0 Å². The zero-order chi connectivity index (χ0) is 22.5. The zero-order valence-corrected chi connectivity index (χ0v) is 18.5. The molecule has 0 saturated carbocycles. The molecule has 0 atom stereocenters. The minimum Gasteiger partial charge on any atom is -0.497 e. The van der Waals surface area contributed by atoms with Crippen LogP contribution in [-0.2, 0) is 0 Å². The minimum atomic E-state index is 0.728. The molecule has 0 bridgehead atoms. The van der Waals surface area contributed by atoms with Crippen molar-refractivity contribution in [3.05, 3.63) is 73.1 Å². The van der Waals surface area contributed by atoms with Crippen LogP contribution in [0.1, 0.15) is 0 Å². The monoisotopic (exact) mass is 428 g/mol. The first-order chi connectivity index (χ1) is 15.7. The van der Waals surface area contributed by atoms with Crippen molar-refractivity contribution in [3.8, 4) is 56.6 Å². The molecule has 0 aliphatic rings. The highest BCUT2D eigenvalue weighted by molar-refractivity contribution is 5.77. The smallest absolute Gasteiger partial charge is 0.130 e. The van der Waals surface area contributed by atoms with Crippen LogP contribution < -0.4 is 18.9 Å². The molecule has 4 rings (SSSR count). The summed E-state index contributed by atoms with van der Waals surface area (Å²) in [5, 5.41) is 0. The molecule has 0 spiro atoms. The molecule has 162 valence electrons. The number of aromatic nitrogens is 2. The first kappa shape index (κ1) is 21.2. The maximum Gasteiger partial charge on any atom is 0.130 e. The van der Waals surface area contributed by atoms with E-state index in [-0.39, 0.29) is 0 Å². The lowest BCUT2D eigenvalue weighted by Crippen LogP contribution is -1.94. The topological polar surface area (TPSA) is 62.7 Å². The van der Waals surface area contributed by atoms with Gasteiger partial charge in [-0.25, -0.2) is 0 Å². The summed E-state index contributed by atoms with van der Waals surface area (Å²) in [6.45, 7) is 0. The number of pyridine rings is 2. The Labute approximate surface area is 187 Å². The predicted molar refractivity (Wildman–Crippen MR) is 125 cm³/mol. The quantitative estimate of drug-likeness (QED) is 0.387. The van der Waals surface area contributed by atoms with E-state index in [1.807, 2.05) is 60.7 Å². The van der Waals surface area contributed by atoms with Crippen molar-refractivity contribution >= 4 is 0 Å². The van der Waals surface area contributed by atoms with Crippen LogP contribution in [-0.4, -0.2) is 38.4 Å². The Morgan fingerprint density at radius 1 is 0.500 bits per heavy atom. The SMILES string of the molecule is COc1ccc(-c2ccnc(-c3cc(-c4ccc(OC)cc4OC)ccn3)c2)c(OC)c1. The van der Waals surface area contributed by atoms with Gasteiger partial charge in [-0.1, -0.05) is 0 Å². The maximum atomic E-state index is 5.57. The Balaban J connectivity index is 1.74. The molecule has 0 aliphatic carbocycles. The normalized spacial score (nSPS) is 10.5. The standard InChI is InChI=1S/C26H24N2O4/c1-29-19-5-7-21(25(15-19)31-3)17-9-11-27-23(13-17)24-14-18(10-12-28-24)22-8-6-20(30-2)16-26(22)32-4/h5-16H,1-4H3. The molecule has 6 heteroatoms. The van der Waals surface area contributed by atoms with E-state index in [4.69, 9.17) is 18.9 Å². The molecule has 2 heterocycles. The van der Waals surface area contributed by atoms with Crippen molar-refractivity contribution < 1.29 is 18.9 Å². The van der Waals surface area contributed by atoms with Crippen molar-refractivity contribution in [2.45, 2.75) is 0 Å². The molecule has 0 N–H and O–H groups in total. The third kappa shape index (κ3) is 4.21. The van der Waals surface area contributed by atoms with E-state index in [1.165, 1.54) is 0 Å². The molecule has 2 aromatic heterocycles. The average Bonchev–Trinajstić information content (AvgIpc) is 2.87. The molecular formula is C26H24N2O4. The third-order valence-electron chi connectivity index (χ3n) is 5.22. The molecule has 0 fully saturated rings. The third-order valence-corrected chi connectivity index (χ3v) is 5.22. The lowest BCUT2D eigenvalue weighted by atomic mass is 10.0. The predicted octanol–water partition coefficient (Wildman–Crippen LogP) is 5.51. The van der Waals surface area contributed by atoms with Gasteiger partial charge in [0, 0.05) is 35.7 Å². The molecule has 32 heavy (non-hydrogen) atoms. The summed E-state index contributed by atoms with van der Waals surface area (Å²) >= 11 is 0. The Bertz CT molecular complexity index is 1140. The van der Waals surface area contributed by atoms with E-state index < -0.39 is 0 Å². The number of ether oxygens (including phenoxy) is 4. The van der Waals surface area contributed by atoms with Crippen LogP contribution in [0.15, 0.2) is 73.1 Å². The molecular weight excluding hydrogens is 404 g/mol. The second-order valence-electron chi connectivity index (χ2n) is 6.99. The highest BCUT2D eigenvalue weighted by Crippen LogP contribution is 2.36. The van der Waals surface area contributed by atoms with Crippen molar-refractivity contribution in [2.24, 2.45) is 0 Å². The van der Waals surface area contributed by atoms with Gasteiger partial charge in [0.15, 0.2) is 0 Å². The van der Waals surface area contributed by atoms with Gasteiger partial charge in [0.1, 0.15) is 23.0 Å². The number of nitrogens with zero attached hydrogens (tertiary/aromatic N) is 2. The number of benzene rings is 2. The number of rotatable bonds is 7. The van der Waals surface area contributed by atoms with Gasteiger partial charge >= 0.3 is 0 Å². The molecule has 4 aromatic rings. The lowest BCUT2D eigenvalue weighted by Gasteiger charge is -2.12. The number of methoxy groups -OCH3 is 4. The molecule has 6 nitrogen and oxygen atoms in total. The van der Waals surface area contributed by atoms with Crippen LogP contribution >= 0.6 is 0 Å². The highest BCUT2D eigenvalue weighted by atomic mass is 16.5. The van der Waals surface area contributed by atoms with Gasteiger partial charge in [-0.3, -0.25) is 9.97 Å². The summed E-state index contributed by atoms with van der Waals surface area (Å²) in [5.41, 5.74) is 5.37. The van der Waals surface area contributed by atoms with Gasteiger partial charge < -0.3 is 18.9 Å². The summed E-state index contributed by atoms with van der Waals surface area (Å²) in [4.78, 5) is 9.10. The van der Waals surface area contributed by atoms with Crippen molar-refractivity contribution in [1.82, 2.24) is 9.97 Å². The zero-order valence-electron chi connectivity index (χ0n) is 18.5. The molecule has 0 amide bonds. The fourth-order valence-corrected chi connectivity index (χ4v) is 3.55. The number of hydrogen-bond acceptors (Lipinski definition) is 6. The van der Waals surface area contributed by atoms with Crippen molar-refractivity contribution in [3.63, 3.8) is 0 Å². The molecule has 0 radical (unpaired) electrons. The summed E-state index contributed by atoms with van der Waals surface area (Å²) in [7, 11) is 6.56. The van der Waals surface area contributed by atoms with Crippen molar-refractivity contribution in [1.29, 1.82) is 0 Å². The van der Waals surface area contributed by atoms with Crippen LogP contribution in [0.5, 0.6) is 23.0 Å². The Hall–Kier alpha value is -4.06. The molecule has 2 aromatic carbocycles. The van der Waals surface area contributed by atoms with Gasteiger partial charge in [0.25, 0.3) is 0 Å². The first-order valence-electron chi connectivity index (χ1n) is 10.0. The van der Waals surface area contributed by atoms with Crippen molar-refractivity contribution in [2.75, 3.05) is 28.4 Å². The van der Waals surface area contributed by atoms with Crippen LogP contribution in [0.25, 0.3) is 33.6 Å². The van der Waals surface area contributed by atoms with Crippen LogP contribution in [0.4, 0.5) is 0 Å². The van der Waals surface area contributed by atoms with Gasteiger partial charge in [-0.15, -0.1) is 0 Å². The largest absolute Gasteiger partial charge is 0.497 e. The minimum absolute atomic E-state index is 0.728. The summed E-state index contributed by atoms with van der Waals surface area (Å²) < 4.78 is 21.8. The van der Waals surface area contributed by atoms with Crippen LogP contribution in [0, 0.1) is 0 Å². The van der Waals surface area contributed by atoms with Gasteiger partial charge in [0.05, 0.1) is 39.8 Å².